The molecule has 3 aliphatic carbocycles. The highest BCUT2D eigenvalue weighted by Crippen LogP contribution is 2.60. The van der Waals surface area contributed by atoms with Gasteiger partial charge in [0.05, 0.1) is 16.1 Å². The molecule has 2 atom stereocenters. The van der Waals surface area contributed by atoms with Gasteiger partial charge in [0, 0.05) is 35.2 Å². The lowest BCUT2D eigenvalue weighted by Gasteiger charge is -2.70. The standard InChI is InChI=1S/C23H20Cl2F2N2O5/c24-13-2-1-11(3-15(13)26)33-7-20(31)28-22-8-23(9-22,10-22)29-21(32)19-6-17(30)12-4-14(25)16(27)5-18(12)34-19/h1-5,17,19,30H,6-10H2,(H,28,31)(H,29,32)/t17-,19+,22?,23?/m0/s1. The van der Waals surface area contributed by atoms with Crippen LogP contribution in [-0.2, 0) is 9.59 Å². The van der Waals surface area contributed by atoms with Crippen LogP contribution in [0, 0.1) is 11.6 Å². The molecule has 2 amide bonds. The van der Waals surface area contributed by atoms with Gasteiger partial charge in [0.15, 0.2) is 12.7 Å². The van der Waals surface area contributed by atoms with Crippen LogP contribution in [0.3, 0.4) is 0 Å². The van der Waals surface area contributed by atoms with Crippen molar-refractivity contribution < 1.29 is 33.0 Å². The third-order valence-electron chi connectivity index (χ3n) is 6.49. The molecule has 3 fully saturated rings. The molecule has 180 valence electrons. The smallest absolute Gasteiger partial charge is 0.261 e. The molecule has 2 bridgehead atoms. The molecule has 0 spiro atoms. The molecule has 1 aliphatic heterocycles. The van der Waals surface area contributed by atoms with E-state index in [-0.39, 0.29) is 40.5 Å². The van der Waals surface area contributed by atoms with Gasteiger partial charge in [-0.1, -0.05) is 23.2 Å². The van der Waals surface area contributed by atoms with Crippen LogP contribution in [0.5, 0.6) is 11.5 Å². The van der Waals surface area contributed by atoms with Crippen LogP contribution in [0.15, 0.2) is 30.3 Å². The second-order valence-corrected chi connectivity index (χ2v) is 9.97. The second-order valence-electron chi connectivity index (χ2n) is 9.16. The molecule has 4 aliphatic rings. The van der Waals surface area contributed by atoms with Crippen molar-refractivity contribution in [3.63, 3.8) is 0 Å². The van der Waals surface area contributed by atoms with Crippen molar-refractivity contribution in [2.45, 2.75) is 49.0 Å². The summed E-state index contributed by atoms with van der Waals surface area (Å²) >= 11 is 11.4. The summed E-state index contributed by atoms with van der Waals surface area (Å²) in [5, 5.41) is 16.0. The molecule has 3 saturated carbocycles. The number of aliphatic hydroxyl groups excluding tert-OH is 1. The number of carbonyl (C=O) groups is 2. The van der Waals surface area contributed by atoms with E-state index in [2.05, 4.69) is 10.6 Å². The van der Waals surface area contributed by atoms with Gasteiger partial charge < -0.3 is 25.2 Å². The quantitative estimate of drug-likeness (QED) is 0.550. The van der Waals surface area contributed by atoms with Crippen molar-refractivity contribution in [2.75, 3.05) is 6.61 Å². The first-order valence-corrected chi connectivity index (χ1v) is 11.4. The monoisotopic (exact) mass is 512 g/mol. The summed E-state index contributed by atoms with van der Waals surface area (Å²) in [6.45, 7) is -0.282. The van der Waals surface area contributed by atoms with E-state index in [0.29, 0.717) is 24.8 Å². The summed E-state index contributed by atoms with van der Waals surface area (Å²) in [7, 11) is 0. The minimum Gasteiger partial charge on any atom is -0.484 e. The zero-order valence-corrected chi connectivity index (χ0v) is 19.2. The van der Waals surface area contributed by atoms with Gasteiger partial charge in [-0.3, -0.25) is 9.59 Å². The zero-order chi connectivity index (χ0) is 24.3. The average Bonchev–Trinajstić information content (AvgIpc) is 2.73. The van der Waals surface area contributed by atoms with Gasteiger partial charge >= 0.3 is 0 Å². The number of fused-ring (bicyclic) bond motifs is 1. The molecule has 2 aromatic rings. The number of rotatable bonds is 6. The molecule has 0 radical (unpaired) electrons. The Hall–Kier alpha value is -2.62. The lowest BCUT2D eigenvalue weighted by Crippen LogP contribution is -2.84. The number of halogens is 4. The number of hydrogen-bond acceptors (Lipinski definition) is 5. The van der Waals surface area contributed by atoms with Gasteiger partial charge in [-0.25, -0.2) is 8.78 Å². The zero-order valence-electron chi connectivity index (χ0n) is 17.7. The third kappa shape index (κ3) is 4.16. The molecular formula is C23H20Cl2F2N2O5. The molecule has 0 unspecified atom stereocenters. The fraction of sp³-hybridized carbons (Fsp3) is 0.391. The van der Waals surface area contributed by atoms with E-state index in [1.165, 1.54) is 18.2 Å². The Morgan fingerprint density at radius 3 is 2.44 bits per heavy atom. The summed E-state index contributed by atoms with van der Waals surface area (Å²) in [6, 6.07) is 6.28. The lowest BCUT2D eigenvalue weighted by atomic mass is 9.44. The van der Waals surface area contributed by atoms with E-state index in [4.69, 9.17) is 32.7 Å². The van der Waals surface area contributed by atoms with Crippen LogP contribution in [0.2, 0.25) is 10.0 Å². The first-order valence-electron chi connectivity index (χ1n) is 10.6. The van der Waals surface area contributed by atoms with E-state index >= 15 is 0 Å². The summed E-state index contributed by atoms with van der Waals surface area (Å²) in [5.41, 5.74) is -0.533. The first-order chi connectivity index (χ1) is 16.1. The van der Waals surface area contributed by atoms with Crippen molar-refractivity contribution >= 4 is 35.0 Å². The SMILES string of the molecule is O=C(COc1ccc(Cl)c(F)c1)NC12CC(NC(=O)[C@H]3C[C@H](O)c4cc(Cl)c(F)cc4O3)(C1)C2. The highest BCUT2D eigenvalue weighted by Gasteiger charge is 2.69. The Morgan fingerprint density at radius 2 is 1.74 bits per heavy atom. The van der Waals surface area contributed by atoms with Gasteiger partial charge in [-0.05, 0) is 37.5 Å². The van der Waals surface area contributed by atoms with Crippen molar-refractivity contribution in [1.82, 2.24) is 10.6 Å². The number of carbonyl (C=O) groups excluding carboxylic acids is 2. The van der Waals surface area contributed by atoms with Gasteiger partial charge in [-0.15, -0.1) is 0 Å². The summed E-state index contributed by atoms with van der Waals surface area (Å²) < 4.78 is 38.2. The Kier molecular flexibility index (Phi) is 5.61. The second kappa shape index (κ2) is 8.25. The minimum atomic E-state index is -1.01. The largest absolute Gasteiger partial charge is 0.484 e. The number of nitrogens with one attached hydrogen (secondary N) is 2. The molecule has 6 rings (SSSR count). The van der Waals surface area contributed by atoms with E-state index in [9.17, 15) is 23.5 Å². The predicted molar refractivity (Wildman–Crippen MR) is 118 cm³/mol. The Morgan fingerprint density at radius 1 is 1.06 bits per heavy atom. The summed E-state index contributed by atoms with van der Waals surface area (Å²) in [6.07, 6.45) is -0.335. The number of aliphatic hydroxyl groups is 1. The van der Waals surface area contributed by atoms with Gasteiger partial charge in [0.25, 0.3) is 11.8 Å². The molecular weight excluding hydrogens is 493 g/mol. The van der Waals surface area contributed by atoms with E-state index in [1.807, 2.05) is 0 Å². The fourth-order valence-corrected chi connectivity index (χ4v) is 5.33. The van der Waals surface area contributed by atoms with E-state index < -0.39 is 40.8 Å². The number of hydrogen-bond donors (Lipinski definition) is 3. The summed E-state index contributed by atoms with van der Waals surface area (Å²) in [4.78, 5) is 25.0. The minimum absolute atomic E-state index is 0.0153. The fourth-order valence-electron chi connectivity index (χ4n) is 5.04. The van der Waals surface area contributed by atoms with Crippen LogP contribution >= 0.6 is 23.2 Å². The van der Waals surface area contributed by atoms with Gasteiger partial charge in [-0.2, -0.15) is 0 Å². The number of ether oxygens (including phenoxy) is 2. The first kappa shape index (κ1) is 23.1. The molecule has 0 aromatic heterocycles. The molecule has 7 nitrogen and oxygen atoms in total. The molecule has 34 heavy (non-hydrogen) atoms. The van der Waals surface area contributed by atoms with Crippen LogP contribution in [0.1, 0.15) is 37.4 Å². The molecule has 3 N–H and O–H groups in total. The van der Waals surface area contributed by atoms with Crippen molar-refractivity contribution in [3.05, 3.63) is 57.6 Å². The molecule has 0 saturated heterocycles. The number of benzene rings is 2. The van der Waals surface area contributed by atoms with Crippen LogP contribution in [-0.4, -0.2) is 40.7 Å². The maximum absolute atomic E-state index is 13.8. The van der Waals surface area contributed by atoms with Crippen LogP contribution < -0.4 is 20.1 Å². The van der Waals surface area contributed by atoms with Crippen LogP contribution in [0.25, 0.3) is 0 Å². The van der Waals surface area contributed by atoms with Gasteiger partial charge in [0.1, 0.15) is 23.1 Å². The highest BCUT2D eigenvalue weighted by atomic mass is 35.5. The maximum Gasteiger partial charge on any atom is 0.261 e. The Balaban J connectivity index is 1.11. The Bertz CT molecular complexity index is 1170. The van der Waals surface area contributed by atoms with Gasteiger partial charge in [0.2, 0.25) is 0 Å². The highest BCUT2D eigenvalue weighted by molar-refractivity contribution is 6.31. The van der Waals surface area contributed by atoms with E-state index in [1.54, 1.807) is 0 Å². The summed E-state index contributed by atoms with van der Waals surface area (Å²) in [5.74, 6) is -1.82. The predicted octanol–water partition coefficient (Wildman–Crippen LogP) is 3.44. The number of amides is 2. The molecule has 11 heteroatoms. The Labute approximate surface area is 203 Å². The van der Waals surface area contributed by atoms with Crippen molar-refractivity contribution in [1.29, 1.82) is 0 Å². The topological polar surface area (TPSA) is 96.9 Å². The van der Waals surface area contributed by atoms with Crippen LogP contribution in [0.4, 0.5) is 8.78 Å². The molecule has 1 heterocycles. The average molecular weight is 513 g/mol. The normalized spacial score (nSPS) is 28.5. The third-order valence-corrected chi connectivity index (χ3v) is 7.09. The molecule has 2 aromatic carbocycles. The maximum atomic E-state index is 13.8. The van der Waals surface area contributed by atoms with Crippen molar-refractivity contribution in [3.8, 4) is 11.5 Å². The van der Waals surface area contributed by atoms with Crippen molar-refractivity contribution in [2.24, 2.45) is 0 Å². The van der Waals surface area contributed by atoms with E-state index in [0.717, 1.165) is 12.1 Å². The lowest BCUT2D eigenvalue weighted by molar-refractivity contribution is -0.155.